The van der Waals surface area contributed by atoms with Crippen molar-refractivity contribution in [2.24, 2.45) is 0 Å². The lowest BCUT2D eigenvalue weighted by atomic mass is 9.89. The fourth-order valence-corrected chi connectivity index (χ4v) is 6.70. The van der Waals surface area contributed by atoms with E-state index in [2.05, 4.69) is 156 Å². The van der Waals surface area contributed by atoms with Crippen LogP contribution >= 0.6 is 0 Å². The molecule has 2 atom stereocenters. The second-order valence-corrected chi connectivity index (χ2v) is 12.0. The third-order valence-corrected chi connectivity index (χ3v) is 9.12. The highest BCUT2D eigenvalue weighted by molar-refractivity contribution is 5.97. The highest BCUT2D eigenvalue weighted by Crippen LogP contribution is 2.39. The van der Waals surface area contributed by atoms with Gasteiger partial charge in [0.2, 0.25) is 0 Å². The molecule has 1 aliphatic carbocycles. The van der Waals surface area contributed by atoms with Crippen molar-refractivity contribution in [3.8, 4) is 22.5 Å². The average Bonchev–Trinajstić information content (AvgIpc) is 3.14. The molecule has 9 rings (SSSR count). The number of anilines is 1. The van der Waals surface area contributed by atoms with E-state index in [-0.39, 0.29) is 12.1 Å². The molecule has 0 radical (unpaired) electrons. The van der Waals surface area contributed by atoms with Gasteiger partial charge in [0, 0.05) is 22.2 Å². The summed E-state index contributed by atoms with van der Waals surface area (Å²) in [5, 5.41) is 8.78. The van der Waals surface area contributed by atoms with Gasteiger partial charge in [-0.2, -0.15) is 0 Å². The van der Waals surface area contributed by atoms with Gasteiger partial charge in [0.05, 0.1) is 40.4 Å². The Hall–Kier alpha value is -6.00. The maximum absolute atomic E-state index is 5.15. The Morgan fingerprint density at radius 1 is 0.543 bits per heavy atom. The van der Waals surface area contributed by atoms with E-state index in [0.717, 1.165) is 67.2 Å². The average molecular weight is 591 g/mol. The molecule has 46 heavy (non-hydrogen) atoms. The van der Waals surface area contributed by atoms with Crippen LogP contribution in [-0.4, -0.2) is 9.97 Å². The first kappa shape index (κ1) is 26.4. The Morgan fingerprint density at radius 3 is 2.09 bits per heavy atom. The number of hydrogen-bond acceptors (Lipinski definition) is 4. The predicted molar refractivity (Wildman–Crippen MR) is 190 cm³/mol. The van der Waals surface area contributed by atoms with Crippen molar-refractivity contribution in [2.45, 2.75) is 12.1 Å². The van der Waals surface area contributed by atoms with E-state index in [0.29, 0.717) is 0 Å². The minimum Gasteiger partial charge on any atom is -0.372 e. The Bertz CT molecular complexity index is 2260. The van der Waals surface area contributed by atoms with E-state index in [1.807, 2.05) is 12.1 Å². The molecule has 2 N–H and O–H groups in total. The summed E-state index contributed by atoms with van der Waals surface area (Å²) in [4.78, 5) is 10.3. The van der Waals surface area contributed by atoms with Crippen LogP contribution in [0, 0.1) is 0 Å². The van der Waals surface area contributed by atoms with Crippen LogP contribution in [0.3, 0.4) is 0 Å². The van der Waals surface area contributed by atoms with Crippen LogP contribution in [0.1, 0.15) is 40.0 Å². The standard InChI is InChI=1S/C42H30N4/c1-3-8-27(9-4-1)35-22-18-29-14-16-31-20-24-37(45-41(31)39(29)43-35)33-12-7-13-34(26-33)38-25-21-32-17-15-30-19-23-36(28-10-5-2-6-11-28)44-40(30)42(32)46-38/h1-26,37,42,45-46H. The molecule has 0 saturated heterocycles. The molecule has 0 spiro atoms. The van der Waals surface area contributed by atoms with Gasteiger partial charge in [-0.25, -0.2) is 9.97 Å². The molecule has 0 amide bonds. The highest BCUT2D eigenvalue weighted by atomic mass is 15.0. The van der Waals surface area contributed by atoms with Gasteiger partial charge in [0.1, 0.15) is 0 Å². The third kappa shape index (κ3) is 4.63. The van der Waals surface area contributed by atoms with Crippen LogP contribution in [-0.2, 0) is 0 Å². The quantitative estimate of drug-likeness (QED) is 0.215. The molecule has 4 heterocycles. The van der Waals surface area contributed by atoms with Crippen molar-refractivity contribution in [1.29, 1.82) is 0 Å². The zero-order valence-corrected chi connectivity index (χ0v) is 25.1. The molecule has 2 aliphatic heterocycles. The number of fused-ring (bicyclic) bond motifs is 6. The second kappa shape index (κ2) is 10.9. The molecular formula is C42H30N4. The number of rotatable bonds is 4. The molecule has 218 valence electrons. The summed E-state index contributed by atoms with van der Waals surface area (Å²) < 4.78 is 0. The van der Waals surface area contributed by atoms with Crippen LogP contribution < -0.4 is 10.6 Å². The Kier molecular flexibility index (Phi) is 6.24. The number of nitrogens with zero attached hydrogens (tertiary/aromatic N) is 2. The summed E-state index contributed by atoms with van der Waals surface area (Å²) >= 11 is 0. The topological polar surface area (TPSA) is 49.8 Å². The lowest BCUT2D eigenvalue weighted by molar-refractivity contribution is 0.705. The number of dihydropyridines is 1. The van der Waals surface area contributed by atoms with Crippen molar-refractivity contribution in [1.82, 2.24) is 15.3 Å². The summed E-state index contributed by atoms with van der Waals surface area (Å²) in [6, 6.07) is 42.5. The van der Waals surface area contributed by atoms with E-state index in [1.54, 1.807) is 0 Å². The first-order valence-corrected chi connectivity index (χ1v) is 15.7. The van der Waals surface area contributed by atoms with E-state index >= 15 is 0 Å². The zero-order valence-electron chi connectivity index (χ0n) is 25.1. The number of allylic oxidation sites excluding steroid dienone is 2. The molecule has 6 aromatic rings. The lowest BCUT2D eigenvalue weighted by Gasteiger charge is -2.30. The molecule has 4 nitrogen and oxygen atoms in total. The minimum atomic E-state index is -0.0110. The van der Waals surface area contributed by atoms with Crippen molar-refractivity contribution >= 4 is 34.4 Å². The highest BCUT2D eigenvalue weighted by Gasteiger charge is 2.27. The van der Waals surface area contributed by atoms with Gasteiger partial charge < -0.3 is 10.6 Å². The summed E-state index contributed by atoms with van der Waals surface area (Å²) in [7, 11) is 0. The molecule has 0 saturated carbocycles. The van der Waals surface area contributed by atoms with Crippen molar-refractivity contribution < 1.29 is 0 Å². The summed E-state index contributed by atoms with van der Waals surface area (Å²) in [6.45, 7) is 0. The Balaban J connectivity index is 1.02. The van der Waals surface area contributed by atoms with Gasteiger partial charge in [0.15, 0.2) is 0 Å². The lowest BCUT2D eigenvalue weighted by Crippen LogP contribution is -2.27. The van der Waals surface area contributed by atoms with Gasteiger partial charge in [-0.05, 0) is 52.1 Å². The van der Waals surface area contributed by atoms with Gasteiger partial charge >= 0.3 is 0 Å². The summed E-state index contributed by atoms with van der Waals surface area (Å²) in [5.74, 6) is 0. The third-order valence-electron chi connectivity index (χ3n) is 9.12. The molecule has 2 aromatic heterocycles. The largest absolute Gasteiger partial charge is 0.372 e. The van der Waals surface area contributed by atoms with Crippen LogP contribution in [0.15, 0.2) is 151 Å². The fraction of sp³-hybridized carbons (Fsp3) is 0.0476. The molecule has 0 fully saturated rings. The SMILES string of the molecule is C1=Cc2ccc(-c3ccccc3)nc2C2NC(c3cccc(C4C=Cc5ccc6ccc(-c7ccccc7)nc6c5N4)c3)=CC=C12. The predicted octanol–water partition coefficient (Wildman–Crippen LogP) is 9.78. The summed E-state index contributed by atoms with van der Waals surface area (Å²) in [6.07, 6.45) is 13.2. The molecule has 4 heteroatoms. The van der Waals surface area contributed by atoms with Crippen molar-refractivity contribution in [3.63, 3.8) is 0 Å². The molecule has 2 unspecified atom stereocenters. The van der Waals surface area contributed by atoms with E-state index in [4.69, 9.17) is 9.97 Å². The van der Waals surface area contributed by atoms with Gasteiger partial charge in [-0.1, -0.05) is 134 Å². The first-order chi connectivity index (χ1) is 22.8. The molecule has 3 aliphatic rings. The Labute approximate surface area is 268 Å². The van der Waals surface area contributed by atoms with E-state index < -0.39 is 0 Å². The molecule has 4 aromatic carbocycles. The van der Waals surface area contributed by atoms with Crippen LogP contribution in [0.4, 0.5) is 5.69 Å². The summed E-state index contributed by atoms with van der Waals surface area (Å²) in [5.41, 5.74) is 14.3. The Morgan fingerprint density at radius 2 is 1.26 bits per heavy atom. The van der Waals surface area contributed by atoms with Crippen LogP contribution in [0.2, 0.25) is 0 Å². The van der Waals surface area contributed by atoms with Gasteiger partial charge in [-0.15, -0.1) is 0 Å². The van der Waals surface area contributed by atoms with Crippen molar-refractivity contribution in [3.05, 3.63) is 179 Å². The van der Waals surface area contributed by atoms with Crippen LogP contribution in [0.25, 0.3) is 51.3 Å². The monoisotopic (exact) mass is 590 g/mol. The second-order valence-electron chi connectivity index (χ2n) is 12.0. The van der Waals surface area contributed by atoms with Crippen LogP contribution in [0.5, 0.6) is 0 Å². The zero-order chi connectivity index (χ0) is 30.5. The number of pyridine rings is 2. The minimum absolute atomic E-state index is 0.0110. The fourth-order valence-electron chi connectivity index (χ4n) is 6.70. The maximum atomic E-state index is 5.15. The number of hydrogen-bond donors (Lipinski definition) is 2. The maximum Gasteiger partial charge on any atom is 0.0947 e. The number of nitrogens with one attached hydrogen (secondary N) is 2. The van der Waals surface area contributed by atoms with E-state index in [1.165, 1.54) is 11.1 Å². The van der Waals surface area contributed by atoms with Gasteiger partial charge in [-0.3, -0.25) is 0 Å². The normalized spacial score (nSPS) is 17.6. The first-order valence-electron chi connectivity index (χ1n) is 15.7. The number of benzene rings is 4. The van der Waals surface area contributed by atoms with E-state index in [9.17, 15) is 0 Å². The molecule has 0 bridgehead atoms. The smallest absolute Gasteiger partial charge is 0.0947 e. The molecular weight excluding hydrogens is 560 g/mol. The van der Waals surface area contributed by atoms with Crippen molar-refractivity contribution in [2.75, 3.05) is 5.32 Å². The number of aromatic nitrogens is 2. The van der Waals surface area contributed by atoms with Gasteiger partial charge in [0.25, 0.3) is 0 Å².